The molecular weight excluding hydrogens is 392 g/mol. The van der Waals surface area contributed by atoms with E-state index in [0.717, 1.165) is 17.7 Å². The molecule has 1 N–H and O–H groups in total. The molecule has 0 aliphatic heterocycles. The van der Waals surface area contributed by atoms with Crippen LogP contribution < -0.4 is 5.32 Å². The highest BCUT2D eigenvalue weighted by Gasteiger charge is 2.20. The molecule has 1 aromatic heterocycles. The number of aryl methyl sites for hydroxylation is 1. The maximum absolute atomic E-state index is 12.6. The minimum atomic E-state index is -3.44. The average molecular weight is 415 g/mol. The number of carbonyl (C=O) groups is 1. The molecule has 3 rings (SSSR count). The lowest BCUT2D eigenvalue weighted by Gasteiger charge is -2.09. The predicted molar refractivity (Wildman–Crippen MR) is 114 cm³/mol. The Morgan fingerprint density at radius 3 is 2.50 bits per heavy atom. The van der Waals surface area contributed by atoms with Gasteiger partial charge >= 0.3 is 0 Å². The maximum Gasteiger partial charge on any atom is 0.257 e. The molecule has 0 atom stereocenters. The first-order valence-electron chi connectivity index (χ1n) is 9.01. The number of sulfone groups is 1. The van der Waals surface area contributed by atoms with Crippen LogP contribution in [0.3, 0.4) is 0 Å². The topological polar surface area (TPSA) is 76.1 Å². The zero-order valence-corrected chi connectivity index (χ0v) is 17.6. The summed E-state index contributed by atoms with van der Waals surface area (Å²) in [5.41, 5.74) is 3.31. The second kappa shape index (κ2) is 8.24. The van der Waals surface area contributed by atoms with Crippen molar-refractivity contribution >= 4 is 32.2 Å². The SMILES string of the molecule is CCc1ccc(-c2csc(NC(=O)c3cccc(S(=O)(=O)C(C)C)c3)n2)cc1. The van der Waals surface area contributed by atoms with E-state index in [9.17, 15) is 13.2 Å². The van der Waals surface area contributed by atoms with Gasteiger partial charge in [0, 0.05) is 16.5 Å². The number of benzene rings is 2. The average Bonchev–Trinajstić information content (AvgIpc) is 3.16. The third kappa shape index (κ3) is 4.31. The Bertz CT molecular complexity index is 1080. The first kappa shape index (κ1) is 20.2. The number of thiazole rings is 1. The van der Waals surface area contributed by atoms with Gasteiger partial charge in [-0.05, 0) is 44.0 Å². The van der Waals surface area contributed by atoms with Gasteiger partial charge in [0.05, 0.1) is 15.8 Å². The van der Waals surface area contributed by atoms with E-state index < -0.39 is 15.1 Å². The van der Waals surface area contributed by atoms with Gasteiger partial charge in [-0.3, -0.25) is 10.1 Å². The van der Waals surface area contributed by atoms with Crippen LogP contribution in [-0.2, 0) is 16.3 Å². The first-order valence-corrected chi connectivity index (χ1v) is 11.4. The summed E-state index contributed by atoms with van der Waals surface area (Å²) in [7, 11) is -3.44. The number of nitrogens with one attached hydrogen (secondary N) is 1. The van der Waals surface area contributed by atoms with Crippen LogP contribution in [0.2, 0.25) is 0 Å². The molecule has 28 heavy (non-hydrogen) atoms. The Balaban J connectivity index is 1.78. The molecule has 0 fully saturated rings. The number of anilines is 1. The van der Waals surface area contributed by atoms with E-state index in [0.29, 0.717) is 5.13 Å². The minimum absolute atomic E-state index is 0.144. The van der Waals surface area contributed by atoms with Crippen molar-refractivity contribution in [2.45, 2.75) is 37.3 Å². The molecule has 0 aliphatic rings. The van der Waals surface area contributed by atoms with Crippen molar-refractivity contribution < 1.29 is 13.2 Å². The van der Waals surface area contributed by atoms with Crippen LogP contribution in [0.25, 0.3) is 11.3 Å². The summed E-state index contributed by atoms with van der Waals surface area (Å²) in [6.07, 6.45) is 0.976. The minimum Gasteiger partial charge on any atom is -0.298 e. The molecule has 0 saturated carbocycles. The molecule has 146 valence electrons. The summed E-state index contributed by atoms with van der Waals surface area (Å²) in [5, 5.41) is 4.56. The van der Waals surface area contributed by atoms with E-state index in [1.165, 1.54) is 29.0 Å². The third-order valence-electron chi connectivity index (χ3n) is 4.43. The van der Waals surface area contributed by atoms with Gasteiger partial charge in [-0.1, -0.05) is 37.3 Å². The third-order valence-corrected chi connectivity index (χ3v) is 7.34. The van der Waals surface area contributed by atoms with Crippen molar-refractivity contribution in [1.29, 1.82) is 0 Å². The van der Waals surface area contributed by atoms with E-state index in [1.54, 1.807) is 26.0 Å². The van der Waals surface area contributed by atoms with E-state index in [-0.39, 0.29) is 16.4 Å². The highest BCUT2D eigenvalue weighted by molar-refractivity contribution is 7.92. The Labute approximate surface area is 169 Å². The van der Waals surface area contributed by atoms with E-state index in [2.05, 4.69) is 29.4 Å². The van der Waals surface area contributed by atoms with Crippen molar-refractivity contribution in [3.8, 4) is 11.3 Å². The Hall–Kier alpha value is -2.51. The van der Waals surface area contributed by atoms with Crippen molar-refractivity contribution in [2.24, 2.45) is 0 Å². The summed E-state index contributed by atoms with van der Waals surface area (Å²) in [6, 6.07) is 14.2. The summed E-state index contributed by atoms with van der Waals surface area (Å²) >= 11 is 1.33. The smallest absolute Gasteiger partial charge is 0.257 e. The van der Waals surface area contributed by atoms with E-state index >= 15 is 0 Å². The summed E-state index contributed by atoms with van der Waals surface area (Å²) in [5.74, 6) is -0.386. The lowest BCUT2D eigenvalue weighted by atomic mass is 10.1. The van der Waals surface area contributed by atoms with Crippen LogP contribution in [-0.4, -0.2) is 24.6 Å². The maximum atomic E-state index is 12.6. The Morgan fingerprint density at radius 2 is 1.86 bits per heavy atom. The Kier molecular flexibility index (Phi) is 5.96. The second-order valence-corrected chi connectivity index (χ2v) is 10.0. The number of nitrogens with zero attached hydrogens (tertiary/aromatic N) is 1. The zero-order valence-electron chi connectivity index (χ0n) is 16.0. The zero-order chi connectivity index (χ0) is 20.3. The van der Waals surface area contributed by atoms with Gasteiger partial charge in [0.15, 0.2) is 15.0 Å². The fraction of sp³-hybridized carbons (Fsp3) is 0.238. The molecular formula is C21H22N2O3S2. The molecule has 7 heteroatoms. The van der Waals surface area contributed by atoms with Crippen molar-refractivity contribution in [3.63, 3.8) is 0 Å². The normalized spacial score (nSPS) is 11.6. The fourth-order valence-electron chi connectivity index (χ4n) is 2.63. The molecule has 0 bridgehead atoms. The lowest BCUT2D eigenvalue weighted by molar-refractivity contribution is 0.102. The van der Waals surface area contributed by atoms with Crippen molar-refractivity contribution in [2.75, 3.05) is 5.32 Å². The standard InChI is InChI=1S/C21H22N2O3S2/c1-4-15-8-10-16(11-9-15)19-13-27-21(22-19)23-20(24)17-6-5-7-18(12-17)28(25,26)14(2)3/h5-14H,4H2,1-3H3,(H,22,23,24). The lowest BCUT2D eigenvalue weighted by Crippen LogP contribution is -2.16. The molecule has 0 spiro atoms. The van der Waals surface area contributed by atoms with Gasteiger partial charge < -0.3 is 0 Å². The Morgan fingerprint density at radius 1 is 1.14 bits per heavy atom. The number of carbonyl (C=O) groups excluding carboxylic acids is 1. The predicted octanol–water partition coefficient (Wildman–Crippen LogP) is 4.81. The van der Waals surface area contributed by atoms with Crippen LogP contribution in [0.1, 0.15) is 36.7 Å². The van der Waals surface area contributed by atoms with Crippen molar-refractivity contribution in [1.82, 2.24) is 4.98 Å². The summed E-state index contributed by atoms with van der Waals surface area (Å²) in [4.78, 5) is 17.2. The van der Waals surface area contributed by atoms with Gasteiger partial charge in [-0.25, -0.2) is 13.4 Å². The van der Waals surface area contributed by atoms with E-state index in [4.69, 9.17) is 0 Å². The molecule has 1 amide bonds. The molecule has 1 heterocycles. The molecule has 3 aromatic rings. The van der Waals surface area contributed by atoms with Crippen molar-refractivity contribution in [3.05, 3.63) is 65.0 Å². The number of rotatable bonds is 6. The van der Waals surface area contributed by atoms with Gasteiger partial charge in [-0.15, -0.1) is 11.3 Å². The van der Waals surface area contributed by atoms with Crippen LogP contribution >= 0.6 is 11.3 Å². The van der Waals surface area contributed by atoms with Gasteiger partial charge in [0.25, 0.3) is 5.91 Å². The highest BCUT2D eigenvalue weighted by Crippen LogP contribution is 2.26. The van der Waals surface area contributed by atoms with E-state index in [1.807, 2.05) is 17.5 Å². The number of amides is 1. The largest absolute Gasteiger partial charge is 0.298 e. The van der Waals surface area contributed by atoms with Gasteiger partial charge in [0.1, 0.15) is 0 Å². The first-order chi connectivity index (χ1) is 13.3. The summed E-state index contributed by atoms with van der Waals surface area (Å²) < 4.78 is 24.7. The van der Waals surface area contributed by atoms with Gasteiger partial charge in [-0.2, -0.15) is 0 Å². The molecule has 0 radical (unpaired) electrons. The number of aromatic nitrogens is 1. The fourth-order valence-corrected chi connectivity index (χ4v) is 4.45. The summed E-state index contributed by atoms with van der Waals surface area (Å²) in [6.45, 7) is 5.34. The molecule has 0 aliphatic carbocycles. The van der Waals surface area contributed by atoms with Crippen LogP contribution in [0.15, 0.2) is 58.8 Å². The molecule has 2 aromatic carbocycles. The van der Waals surface area contributed by atoms with Crippen LogP contribution in [0.5, 0.6) is 0 Å². The molecule has 0 saturated heterocycles. The quantitative estimate of drug-likeness (QED) is 0.628. The highest BCUT2D eigenvalue weighted by atomic mass is 32.2. The number of hydrogen-bond donors (Lipinski definition) is 1. The number of hydrogen-bond acceptors (Lipinski definition) is 5. The molecule has 0 unspecified atom stereocenters. The van der Waals surface area contributed by atoms with Crippen LogP contribution in [0.4, 0.5) is 5.13 Å². The van der Waals surface area contributed by atoms with Crippen LogP contribution in [0, 0.1) is 0 Å². The van der Waals surface area contributed by atoms with Gasteiger partial charge in [0.2, 0.25) is 0 Å². The second-order valence-electron chi connectivity index (χ2n) is 6.66. The monoisotopic (exact) mass is 414 g/mol. The molecule has 5 nitrogen and oxygen atoms in total.